The summed E-state index contributed by atoms with van der Waals surface area (Å²) in [5.41, 5.74) is 8.63. The molecule has 0 spiro atoms. The minimum Gasteiger partial charge on any atom is -0.355 e. The molecule has 0 unspecified atom stereocenters. The standard InChI is InChI=1S/C37H25N3S.C5H10/c1-2-24-20-34-30(22-33(24)39-26-12-4-3-5-13-26)29-21-31-28-15-6-7-17-36(28)41-37(31)23-35(29)40(34)27-14-10-11-25(19-27)32-16-8-9-18-38-32;1-3-5-4-2/h2-23,39H,1H2;3,5H,4H2,1-2H3/b;5-3-. The Kier molecular flexibility index (Phi) is 8.20. The molecule has 3 nitrogen and oxygen atoms in total. The Labute approximate surface area is 273 Å². The summed E-state index contributed by atoms with van der Waals surface area (Å²) in [5, 5.41) is 8.66. The third kappa shape index (κ3) is 5.48. The van der Waals surface area contributed by atoms with Gasteiger partial charge in [0.1, 0.15) is 0 Å². The summed E-state index contributed by atoms with van der Waals surface area (Å²) in [4.78, 5) is 4.61. The van der Waals surface area contributed by atoms with Crippen molar-refractivity contribution in [2.24, 2.45) is 0 Å². The van der Waals surface area contributed by atoms with Gasteiger partial charge in [-0.1, -0.05) is 86.3 Å². The van der Waals surface area contributed by atoms with E-state index in [1.54, 1.807) is 0 Å². The second-order valence-corrected chi connectivity index (χ2v) is 12.3. The van der Waals surface area contributed by atoms with Crippen molar-refractivity contribution >= 4 is 70.8 Å². The highest BCUT2D eigenvalue weighted by Crippen LogP contribution is 2.42. The van der Waals surface area contributed by atoms with Crippen LogP contribution in [0.25, 0.3) is 65.0 Å². The summed E-state index contributed by atoms with van der Waals surface area (Å²) in [6.07, 6.45) is 9.12. The number of hydrogen-bond donors (Lipinski definition) is 1. The highest BCUT2D eigenvalue weighted by molar-refractivity contribution is 7.25. The van der Waals surface area contributed by atoms with E-state index < -0.39 is 0 Å². The lowest BCUT2D eigenvalue weighted by Gasteiger charge is -2.13. The van der Waals surface area contributed by atoms with Crippen LogP contribution in [0.2, 0.25) is 0 Å². The molecule has 3 heterocycles. The zero-order valence-electron chi connectivity index (χ0n) is 26.1. The number of para-hydroxylation sites is 1. The van der Waals surface area contributed by atoms with Gasteiger partial charge in [0.05, 0.1) is 16.7 Å². The Hall–Kier alpha value is -5.45. The van der Waals surface area contributed by atoms with Crippen LogP contribution in [0.15, 0.2) is 146 Å². The molecule has 0 aliphatic heterocycles. The van der Waals surface area contributed by atoms with Gasteiger partial charge >= 0.3 is 0 Å². The average molecular weight is 614 g/mol. The van der Waals surface area contributed by atoms with Crippen LogP contribution in [-0.4, -0.2) is 9.55 Å². The van der Waals surface area contributed by atoms with Crippen LogP contribution in [0.1, 0.15) is 25.8 Å². The van der Waals surface area contributed by atoms with Crippen molar-refractivity contribution in [1.82, 2.24) is 9.55 Å². The molecule has 46 heavy (non-hydrogen) atoms. The number of allylic oxidation sites excluding steroid dienone is 2. The van der Waals surface area contributed by atoms with Crippen molar-refractivity contribution in [1.29, 1.82) is 0 Å². The summed E-state index contributed by atoms with van der Waals surface area (Å²) >= 11 is 1.85. The Balaban J connectivity index is 0.000000630. The highest BCUT2D eigenvalue weighted by Gasteiger charge is 2.18. The zero-order chi connectivity index (χ0) is 31.5. The summed E-state index contributed by atoms with van der Waals surface area (Å²) in [5.74, 6) is 0. The molecule has 0 radical (unpaired) electrons. The maximum Gasteiger partial charge on any atom is 0.0702 e. The van der Waals surface area contributed by atoms with E-state index in [1.807, 2.05) is 60.9 Å². The molecule has 224 valence electrons. The van der Waals surface area contributed by atoms with E-state index in [0.29, 0.717) is 0 Å². The smallest absolute Gasteiger partial charge is 0.0702 e. The number of nitrogens with one attached hydrogen (secondary N) is 1. The number of pyridine rings is 1. The van der Waals surface area contributed by atoms with E-state index in [9.17, 15) is 0 Å². The first-order valence-corrected chi connectivity index (χ1v) is 16.5. The molecular formula is C42H35N3S. The van der Waals surface area contributed by atoms with Crippen LogP contribution in [0.5, 0.6) is 0 Å². The van der Waals surface area contributed by atoms with E-state index in [4.69, 9.17) is 0 Å². The maximum atomic E-state index is 4.61. The van der Waals surface area contributed by atoms with Gasteiger partial charge in [-0.3, -0.25) is 4.98 Å². The number of benzene rings is 5. The maximum absolute atomic E-state index is 4.61. The molecule has 0 saturated heterocycles. The fourth-order valence-electron chi connectivity index (χ4n) is 6.10. The van der Waals surface area contributed by atoms with Crippen molar-refractivity contribution < 1.29 is 0 Å². The lowest BCUT2D eigenvalue weighted by molar-refractivity contribution is 1.18. The van der Waals surface area contributed by atoms with Gasteiger partial charge in [0.25, 0.3) is 0 Å². The second-order valence-electron chi connectivity index (χ2n) is 11.2. The van der Waals surface area contributed by atoms with Gasteiger partial charge in [-0.2, -0.15) is 0 Å². The molecule has 0 fully saturated rings. The van der Waals surface area contributed by atoms with E-state index in [0.717, 1.165) is 45.8 Å². The van der Waals surface area contributed by atoms with Crippen molar-refractivity contribution in [2.75, 3.05) is 5.32 Å². The number of hydrogen-bond acceptors (Lipinski definition) is 3. The second kappa shape index (κ2) is 12.9. The number of aromatic nitrogens is 2. The number of rotatable bonds is 6. The fraction of sp³-hybridized carbons (Fsp3) is 0.0714. The third-order valence-electron chi connectivity index (χ3n) is 8.24. The molecule has 0 saturated carbocycles. The van der Waals surface area contributed by atoms with Gasteiger partial charge in [-0.25, -0.2) is 0 Å². The number of fused-ring (bicyclic) bond motifs is 6. The van der Waals surface area contributed by atoms with E-state index >= 15 is 0 Å². The summed E-state index contributed by atoms with van der Waals surface area (Å²) in [7, 11) is 0. The van der Waals surface area contributed by atoms with Crippen molar-refractivity contribution in [2.45, 2.75) is 20.3 Å². The molecule has 5 aromatic carbocycles. The first kappa shape index (κ1) is 29.3. The van der Waals surface area contributed by atoms with Crippen molar-refractivity contribution in [3.63, 3.8) is 0 Å². The Morgan fingerprint density at radius 3 is 2.28 bits per heavy atom. The van der Waals surface area contributed by atoms with Crippen LogP contribution in [0, 0.1) is 0 Å². The molecule has 0 amide bonds. The lowest BCUT2D eigenvalue weighted by atomic mass is 10.1. The minimum atomic E-state index is 0.961. The van der Waals surface area contributed by atoms with Crippen molar-refractivity contribution in [3.05, 3.63) is 152 Å². The van der Waals surface area contributed by atoms with Crippen LogP contribution in [0.4, 0.5) is 11.4 Å². The Morgan fingerprint density at radius 1 is 0.739 bits per heavy atom. The average Bonchev–Trinajstić information content (AvgIpc) is 3.62. The van der Waals surface area contributed by atoms with Gasteiger partial charge in [0, 0.05) is 59.8 Å². The molecule has 0 aliphatic carbocycles. The van der Waals surface area contributed by atoms with Crippen LogP contribution < -0.4 is 5.32 Å². The molecule has 4 heteroatoms. The van der Waals surface area contributed by atoms with Gasteiger partial charge in [-0.05, 0) is 85.6 Å². The molecule has 3 aromatic heterocycles. The van der Waals surface area contributed by atoms with Crippen LogP contribution in [0.3, 0.4) is 0 Å². The molecular weight excluding hydrogens is 579 g/mol. The minimum absolute atomic E-state index is 0.961. The van der Waals surface area contributed by atoms with E-state index in [2.05, 4.69) is 132 Å². The molecule has 1 N–H and O–H groups in total. The van der Waals surface area contributed by atoms with E-state index in [1.165, 1.54) is 36.5 Å². The lowest BCUT2D eigenvalue weighted by Crippen LogP contribution is -1.97. The summed E-state index contributed by atoms with van der Waals surface area (Å²) in [6, 6.07) is 43.0. The van der Waals surface area contributed by atoms with Crippen LogP contribution >= 0.6 is 11.3 Å². The molecule has 0 bridgehead atoms. The monoisotopic (exact) mass is 613 g/mol. The number of thiophene rings is 1. The SMILES string of the molecule is C/C=C\CC.C=Cc1cc2c(cc1Nc1ccccc1)c1cc3c(cc1n2-c1cccc(-c2ccccn2)c1)sc1ccccc13. The topological polar surface area (TPSA) is 29.9 Å². The van der Waals surface area contributed by atoms with Crippen LogP contribution in [-0.2, 0) is 0 Å². The van der Waals surface area contributed by atoms with Gasteiger partial charge in [0.15, 0.2) is 0 Å². The van der Waals surface area contributed by atoms with Crippen molar-refractivity contribution in [3.8, 4) is 16.9 Å². The normalized spacial score (nSPS) is 11.3. The predicted molar refractivity (Wildman–Crippen MR) is 202 cm³/mol. The fourth-order valence-corrected chi connectivity index (χ4v) is 7.22. The predicted octanol–water partition coefficient (Wildman–Crippen LogP) is 12.6. The largest absolute Gasteiger partial charge is 0.355 e. The summed E-state index contributed by atoms with van der Waals surface area (Å²) < 4.78 is 4.99. The molecule has 0 aliphatic rings. The first-order valence-electron chi connectivity index (χ1n) is 15.7. The van der Waals surface area contributed by atoms with E-state index in [-0.39, 0.29) is 0 Å². The molecule has 8 rings (SSSR count). The van der Waals surface area contributed by atoms with Gasteiger partial charge in [-0.15, -0.1) is 11.3 Å². The zero-order valence-corrected chi connectivity index (χ0v) is 26.9. The Morgan fingerprint density at radius 2 is 1.52 bits per heavy atom. The van der Waals surface area contributed by atoms with Gasteiger partial charge < -0.3 is 9.88 Å². The summed E-state index contributed by atoms with van der Waals surface area (Å²) in [6.45, 7) is 8.32. The number of nitrogens with zero attached hydrogens (tertiary/aromatic N) is 2. The highest BCUT2D eigenvalue weighted by atomic mass is 32.1. The number of anilines is 2. The first-order chi connectivity index (χ1) is 22.7. The molecule has 0 atom stereocenters. The molecule has 8 aromatic rings. The van der Waals surface area contributed by atoms with Gasteiger partial charge in [0.2, 0.25) is 0 Å². The quantitative estimate of drug-likeness (QED) is 0.189. The Bertz CT molecular complexity index is 2340. The third-order valence-corrected chi connectivity index (χ3v) is 9.38.